The van der Waals surface area contributed by atoms with Crippen LogP contribution in [0.1, 0.15) is 36.4 Å². The molecular weight excluding hydrogens is 370 g/mol. The summed E-state index contributed by atoms with van der Waals surface area (Å²) in [5, 5.41) is 12.9. The second-order valence-electron chi connectivity index (χ2n) is 8.13. The summed E-state index contributed by atoms with van der Waals surface area (Å²) in [6.45, 7) is 5.00. The van der Waals surface area contributed by atoms with Crippen molar-refractivity contribution in [3.63, 3.8) is 0 Å². The highest BCUT2D eigenvalue weighted by Crippen LogP contribution is 2.41. The molecular formula is C20H25N7O2. The second kappa shape index (κ2) is 6.84. The number of amides is 1. The minimum absolute atomic E-state index is 0.124. The summed E-state index contributed by atoms with van der Waals surface area (Å²) in [4.78, 5) is 17.3. The summed E-state index contributed by atoms with van der Waals surface area (Å²) < 4.78 is 9.15. The number of aromatic nitrogens is 5. The molecule has 1 amide bonds. The van der Waals surface area contributed by atoms with Gasteiger partial charge in [-0.05, 0) is 25.8 Å². The summed E-state index contributed by atoms with van der Waals surface area (Å²) in [7, 11) is 1.97. The van der Waals surface area contributed by atoms with E-state index in [1.807, 2.05) is 37.0 Å². The lowest BCUT2D eigenvalue weighted by Gasteiger charge is -2.46. The Morgan fingerprint density at radius 3 is 2.62 bits per heavy atom. The summed E-state index contributed by atoms with van der Waals surface area (Å²) in [6, 6.07) is 5.85. The van der Waals surface area contributed by atoms with Gasteiger partial charge < -0.3 is 4.52 Å². The quantitative estimate of drug-likeness (QED) is 0.670. The number of hydrogen-bond donors (Lipinski definition) is 0. The van der Waals surface area contributed by atoms with E-state index in [1.165, 1.54) is 5.69 Å². The third-order valence-electron chi connectivity index (χ3n) is 6.22. The third kappa shape index (κ3) is 3.15. The van der Waals surface area contributed by atoms with Gasteiger partial charge in [0.1, 0.15) is 17.3 Å². The van der Waals surface area contributed by atoms with Crippen molar-refractivity contribution in [3.05, 3.63) is 47.7 Å². The minimum Gasteiger partial charge on any atom is -0.361 e. The zero-order valence-electron chi connectivity index (χ0n) is 16.8. The average molecular weight is 395 g/mol. The molecule has 9 nitrogen and oxygen atoms in total. The van der Waals surface area contributed by atoms with E-state index in [2.05, 4.69) is 31.0 Å². The Balaban J connectivity index is 1.34. The highest BCUT2D eigenvalue weighted by atomic mass is 16.5. The molecule has 2 aliphatic rings. The van der Waals surface area contributed by atoms with Crippen LogP contribution in [-0.2, 0) is 30.5 Å². The van der Waals surface area contributed by atoms with Crippen molar-refractivity contribution in [1.29, 1.82) is 0 Å². The van der Waals surface area contributed by atoms with Crippen molar-refractivity contribution in [2.24, 2.45) is 7.05 Å². The molecule has 0 radical (unpaired) electrons. The molecule has 0 saturated carbocycles. The van der Waals surface area contributed by atoms with Crippen molar-refractivity contribution in [1.82, 2.24) is 29.6 Å². The number of anilines is 1. The van der Waals surface area contributed by atoms with Crippen LogP contribution >= 0.6 is 0 Å². The van der Waals surface area contributed by atoms with Crippen LogP contribution < -0.4 is 4.90 Å². The van der Waals surface area contributed by atoms with E-state index >= 15 is 0 Å². The zero-order valence-corrected chi connectivity index (χ0v) is 16.8. The largest absolute Gasteiger partial charge is 0.361 e. The number of aryl methyl sites for hydroxylation is 2. The number of rotatable bonds is 4. The summed E-state index contributed by atoms with van der Waals surface area (Å²) in [6.07, 6.45) is 5.91. The minimum atomic E-state index is -0.241. The first-order valence-electron chi connectivity index (χ1n) is 10.0. The van der Waals surface area contributed by atoms with Crippen LogP contribution in [0, 0.1) is 6.92 Å². The molecule has 152 valence electrons. The third-order valence-corrected chi connectivity index (χ3v) is 6.22. The Bertz CT molecular complexity index is 1030. The fraction of sp³-hybridized carbons (Fsp3) is 0.500. The fourth-order valence-electron chi connectivity index (χ4n) is 4.57. The predicted octanol–water partition coefficient (Wildman–Crippen LogP) is 1.84. The molecule has 1 fully saturated rings. The van der Waals surface area contributed by atoms with Crippen molar-refractivity contribution in [2.45, 2.75) is 44.8 Å². The molecule has 0 unspecified atom stereocenters. The molecule has 29 heavy (non-hydrogen) atoms. The van der Waals surface area contributed by atoms with Gasteiger partial charge in [-0.1, -0.05) is 5.16 Å². The Morgan fingerprint density at radius 1 is 1.14 bits per heavy atom. The lowest BCUT2D eigenvalue weighted by atomic mass is 9.82. The molecule has 1 saturated heterocycles. The van der Waals surface area contributed by atoms with Gasteiger partial charge in [-0.2, -0.15) is 10.2 Å². The van der Waals surface area contributed by atoms with Gasteiger partial charge in [0.2, 0.25) is 5.91 Å². The van der Waals surface area contributed by atoms with Crippen LogP contribution in [-0.4, -0.2) is 48.6 Å². The van der Waals surface area contributed by atoms with Crippen LogP contribution in [0.15, 0.2) is 35.1 Å². The van der Waals surface area contributed by atoms with Crippen LogP contribution in [0.3, 0.4) is 0 Å². The molecule has 0 aromatic carbocycles. The normalized spacial score (nSPS) is 19.1. The number of hydrogen-bond acceptors (Lipinski definition) is 6. The smallest absolute Gasteiger partial charge is 0.230 e. The van der Waals surface area contributed by atoms with E-state index in [-0.39, 0.29) is 11.4 Å². The molecule has 5 heterocycles. The standard InChI is InChI=1S/C20H25N7O2/c1-15-11-16(23-29-15)13-26-18-4-8-22-27(18)20(12-19(26)28)5-9-25(10-6-20)14-17-3-7-21-24(17)2/h3-4,7-8,11H,5-6,9-10,12-14H2,1-2H3. The number of carbonyl (C=O) groups excluding carboxylic acids is 1. The van der Waals surface area contributed by atoms with Gasteiger partial charge in [0.15, 0.2) is 0 Å². The molecule has 9 heteroatoms. The molecule has 1 spiro atoms. The van der Waals surface area contributed by atoms with Crippen molar-refractivity contribution in [3.8, 4) is 0 Å². The molecule has 3 aromatic heterocycles. The molecule has 0 aliphatic carbocycles. The van der Waals surface area contributed by atoms with Gasteiger partial charge in [0.05, 0.1) is 30.4 Å². The molecule has 0 atom stereocenters. The van der Waals surface area contributed by atoms with Crippen molar-refractivity contribution < 1.29 is 9.32 Å². The van der Waals surface area contributed by atoms with Crippen LogP contribution in [0.2, 0.25) is 0 Å². The number of likely N-dealkylation sites (tertiary alicyclic amines) is 1. The van der Waals surface area contributed by atoms with Crippen LogP contribution in [0.4, 0.5) is 5.82 Å². The van der Waals surface area contributed by atoms with Crippen molar-refractivity contribution >= 4 is 11.7 Å². The van der Waals surface area contributed by atoms with Gasteiger partial charge in [-0.15, -0.1) is 0 Å². The molecule has 2 aliphatic heterocycles. The molecule has 3 aromatic rings. The van der Waals surface area contributed by atoms with Crippen LogP contribution in [0.25, 0.3) is 0 Å². The highest BCUT2D eigenvalue weighted by Gasteiger charge is 2.45. The SMILES string of the molecule is Cc1cc(CN2C(=O)CC3(CCN(Cc4ccnn4C)CC3)n3nccc32)no1. The van der Waals surface area contributed by atoms with Gasteiger partial charge >= 0.3 is 0 Å². The maximum absolute atomic E-state index is 13.1. The Kier molecular flexibility index (Phi) is 4.27. The zero-order chi connectivity index (χ0) is 20.0. The van der Waals surface area contributed by atoms with E-state index in [1.54, 1.807) is 11.1 Å². The Morgan fingerprint density at radius 2 is 1.93 bits per heavy atom. The predicted molar refractivity (Wildman–Crippen MR) is 105 cm³/mol. The second-order valence-corrected chi connectivity index (χ2v) is 8.13. The lowest BCUT2D eigenvalue weighted by molar-refractivity contribution is -0.123. The van der Waals surface area contributed by atoms with E-state index in [0.29, 0.717) is 13.0 Å². The number of piperidine rings is 1. The average Bonchev–Trinajstić information content (AvgIpc) is 3.43. The lowest BCUT2D eigenvalue weighted by Crippen LogP contribution is -2.53. The first kappa shape index (κ1) is 18.1. The Hall–Kier alpha value is -2.94. The van der Waals surface area contributed by atoms with Gasteiger partial charge in [-0.25, -0.2) is 4.68 Å². The van der Waals surface area contributed by atoms with E-state index in [0.717, 1.165) is 49.7 Å². The van der Waals surface area contributed by atoms with Gasteiger partial charge in [-0.3, -0.25) is 19.3 Å². The monoisotopic (exact) mass is 395 g/mol. The number of carbonyl (C=O) groups is 1. The molecule has 0 bridgehead atoms. The highest BCUT2D eigenvalue weighted by molar-refractivity contribution is 5.94. The summed E-state index contributed by atoms with van der Waals surface area (Å²) >= 11 is 0. The number of nitrogens with zero attached hydrogens (tertiary/aromatic N) is 7. The van der Waals surface area contributed by atoms with E-state index < -0.39 is 0 Å². The maximum Gasteiger partial charge on any atom is 0.230 e. The first-order valence-corrected chi connectivity index (χ1v) is 10.0. The Labute approximate surface area is 168 Å². The summed E-state index contributed by atoms with van der Waals surface area (Å²) in [5.74, 6) is 1.72. The van der Waals surface area contributed by atoms with Crippen LogP contribution in [0.5, 0.6) is 0 Å². The summed E-state index contributed by atoms with van der Waals surface area (Å²) in [5.41, 5.74) is 1.72. The fourth-order valence-corrected chi connectivity index (χ4v) is 4.57. The van der Waals surface area contributed by atoms with Gasteiger partial charge in [0, 0.05) is 45.0 Å². The molecule has 5 rings (SSSR count). The van der Waals surface area contributed by atoms with E-state index in [4.69, 9.17) is 4.52 Å². The molecule has 0 N–H and O–H groups in total. The van der Waals surface area contributed by atoms with E-state index in [9.17, 15) is 4.79 Å². The maximum atomic E-state index is 13.1. The van der Waals surface area contributed by atoms with Gasteiger partial charge in [0.25, 0.3) is 0 Å². The van der Waals surface area contributed by atoms with Crippen molar-refractivity contribution in [2.75, 3.05) is 18.0 Å². The first-order chi connectivity index (χ1) is 14.0. The number of fused-ring (bicyclic) bond motifs is 2. The topological polar surface area (TPSA) is 85.2 Å².